The smallest absolute Gasteiger partial charge is 0.131 e. The van der Waals surface area contributed by atoms with Crippen LogP contribution in [-0.2, 0) is 6.54 Å². The van der Waals surface area contributed by atoms with Crippen LogP contribution in [0, 0.1) is 17.2 Å². The summed E-state index contributed by atoms with van der Waals surface area (Å²) in [5.41, 5.74) is 8.34. The van der Waals surface area contributed by atoms with Crippen molar-refractivity contribution in [3.63, 3.8) is 0 Å². The van der Waals surface area contributed by atoms with Crippen molar-refractivity contribution in [3.8, 4) is 17.3 Å². The molecule has 4 nitrogen and oxygen atoms in total. The van der Waals surface area contributed by atoms with Crippen LogP contribution >= 0.6 is 0 Å². The number of imidazole rings is 1. The van der Waals surface area contributed by atoms with Gasteiger partial charge < -0.3 is 10.3 Å². The Morgan fingerprint density at radius 2 is 2.22 bits per heavy atom. The maximum Gasteiger partial charge on any atom is 0.131 e. The highest BCUT2D eigenvalue weighted by Crippen LogP contribution is 2.25. The van der Waals surface area contributed by atoms with Gasteiger partial charge in [0.25, 0.3) is 0 Å². The summed E-state index contributed by atoms with van der Waals surface area (Å²) in [7, 11) is 0. The minimum atomic E-state index is 0.514. The topological polar surface area (TPSA) is 67.6 Å². The number of nitrogens with two attached hydrogens (primary N) is 1. The number of benzene rings is 1. The molecular formula is C14H16N4. The Bertz CT molecular complexity index is 590. The molecule has 1 aromatic heterocycles. The van der Waals surface area contributed by atoms with Gasteiger partial charge in [-0.05, 0) is 18.1 Å². The molecule has 2 N–H and O–H groups in total. The quantitative estimate of drug-likeness (QED) is 0.896. The summed E-state index contributed by atoms with van der Waals surface area (Å²) in [5.74, 6) is 1.17. The summed E-state index contributed by atoms with van der Waals surface area (Å²) in [6.07, 6.45) is 1.75. The lowest BCUT2D eigenvalue weighted by Crippen LogP contribution is -2.06. The maximum atomic E-state index is 8.90. The van der Waals surface area contributed by atoms with Crippen LogP contribution in [0.4, 0.5) is 5.82 Å². The van der Waals surface area contributed by atoms with Crippen molar-refractivity contribution in [2.45, 2.75) is 20.4 Å². The number of nitrogens with zero attached hydrogens (tertiary/aromatic N) is 3. The standard InChI is InChI=1S/C14H16N4/c1-10(2)8-18-9-17-13(14(18)16)12-5-3-4-11(6-12)7-15/h3-6,9-10H,8,16H2,1-2H3. The van der Waals surface area contributed by atoms with E-state index in [-0.39, 0.29) is 0 Å². The number of anilines is 1. The molecule has 0 saturated heterocycles. The maximum absolute atomic E-state index is 8.90. The van der Waals surface area contributed by atoms with Crippen molar-refractivity contribution in [3.05, 3.63) is 36.2 Å². The van der Waals surface area contributed by atoms with Gasteiger partial charge in [-0.15, -0.1) is 0 Å². The van der Waals surface area contributed by atoms with Crippen LogP contribution in [0.25, 0.3) is 11.3 Å². The highest BCUT2D eigenvalue weighted by atomic mass is 15.1. The van der Waals surface area contributed by atoms with Crippen LogP contribution in [0.5, 0.6) is 0 Å². The van der Waals surface area contributed by atoms with Crippen molar-refractivity contribution >= 4 is 5.82 Å². The van der Waals surface area contributed by atoms with Crippen LogP contribution in [0.1, 0.15) is 19.4 Å². The molecule has 0 amide bonds. The van der Waals surface area contributed by atoms with E-state index in [4.69, 9.17) is 11.0 Å². The Labute approximate surface area is 107 Å². The van der Waals surface area contributed by atoms with Crippen LogP contribution in [0.15, 0.2) is 30.6 Å². The van der Waals surface area contributed by atoms with Gasteiger partial charge in [0.05, 0.1) is 18.0 Å². The van der Waals surface area contributed by atoms with Crippen molar-refractivity contribution in [1.82, 2.24) is 9.55 Å². The molecule has 4 heteroatoms. The SMILES string of the molecule is CC(C)Cn1cnc(-c2cccc(C#N)c2)c1N. The zero-order valence-electron chi connectivity index (χ0n) is 10.6. The van der Waals surface area contributed by atoms with E-state index in [0.29, 0.717) is 17.3 Å². The molecule has 0 aliphatic carbocycles. The van der Waals surface area contributed by atoms with Gasteiger partial charge >= 0.3 is 0 Å². The molecule has 0 unspecified atom stereocenters. The summed E-state index contributed by atoms with van der Waals surface area (Å²) in [5, 5.41) is 8.90. The van der Waals surface area contributed by atoms with E-state index in [9.17, 15) is 0 Å². The van der Waals surface area contributed by atoms with Crippen molar-refractivity contribution in [2.75, 3.05) is 5.73 Å². The molecule has 0 fully saturated rings. The largest absolute Gasteiger partial charge is 0.383 e. The van der Waals surface area contributed by atoms with Crippen molar-refractivity contribution in [2.24, 2.45) is 5.92 Å². The molecule has 0 saturated carbocycles. The van der Waals surface area contributed by atoms with Gasteiger partial charge in [-0.2, -0.15) is 5.26 Å². The first-order valence-corrected chi connectivity index (χ1v) is 5.93. The first-order chi connectivity index (χ1) is 8.61. The van der Waals surface area contributed by atoms with E-state index in [1.807, 2.05) is 16.7 Å². The molecule has 0 spiro atoms. The number of hydrogen-bond donors (Lipinski definition) is 1. The van der Waals surface area contributed by atoms with Gasteiger partial charge in [0.15, 0.2) is 0 Å². The lowest BCUT2D eigenvalue weighted by atomic mass is 10.1. The molecule has 0 aliphatic rings. The highest BCUT2D eigenvalue weighted by Gasteiger charge is 2.11. The van der Waals surface area contributed by atoms with Crippen LogP contribution in [-0.4, -0.2) is 9.55 Å². The zero-order chi connectivity index (χ0) is 13.1. The zero-order valence-corrected chi connectivity index (χ0v) is 10.6. The summed E-state index contributed by atoms with van der Waals surface area (Å²) in [4.78, 5) is 4.34. The Morgan fingerprint density at radius 1 is 1.44 bits per heavy atom. The van der Waals surface area contributed by atoms with E-state index in [0.717, 1.165) is 17.8 Å². The third kappa shape index (κ3) is 2.35. The predicted octanol–water partition coefficient (Wildman–Crippen LogP) is 2.66. The first-order valence-electron chi connectivity index (χ1n) is 5.93. The molecule has 2 aromatic rings. The first kappa shape index (κ1) is 12.2. The summed E-state index contributed by atoms with van der Waals surface area (Å²) >= 11 is 0. The average molecular weight is 240 g/mol. The van der Waals surface area contributed by atoms with Crippen LogP contribution in [0.3, 0.4) is 0 Å². The Morgan fingerprint density at radius 3 is 2.89 bits per heavy atom. The summed E-state index contributed by atoms with van der Waals surface area (Å²) in [6, 6.07) is 9.45. The average Bonchev–Trinajstić information content (AvgIpc) is 2.70. The molecule has 0 radical (unpaired) electrons. The van der Waals surface area contributed by atoms with Gasteiger partial charge in [-0.25, -0.2) is 4.98 Å². The monoisotopic (exact) mass is 240 g/mol. The number of aromatic nitrogens is 2. The van der Waals surface area contributed by atoms with Crippen molar-refractivity contribution in [1.29, 1.82) is 5.26 Å². The second kappa shape index (κ2) is 4.92. The molecular weight excluding hydrogens is 224 g/mol. The molecule has 1 heterocycles. The number of rotatable bonds is 3. The fourth-order valence-corrected chi connectivity index (χ4v) is 1.89. The molecule has 18 heavy (non-hydrogen) atoms. The third-order valence-corrected chi connectivity index (χ3v) is 2.71. The van der Waals surface area contributed by atoms with Gasteiger partial charge in [-0.3, -0.25) is 0 Å². The fraction of sp³-hybridized carbons (Fsp3) is 0.286. The van der Waals surface area contributed by atoms with E-state index in [1.54, 1.807) is 18.5 Å². The van der Waals surface area contributed by atoms with Crippen LogP contribution < -0.4 is 5.73 Å². The van der Waals surface area contributed by atoms with Gasteiger partial charge in [-0.1, -0.05) is 26.0 Å². The lowest BCUT2D eigenvalue weighted by molar-refractivity contribution is 0.527. The van der Waals surface area contributed by atoms with Gasteiger partial charge in [0.1, 0.15) is 11.5 Å². The van der Waals surface area contributed by atoms with Gasteiger partial charge in [0, 0.05) is 12.1 Å². The fourth-order valence-electron chi connectivity index (χ4n) is 1.89. The lowest BCUT2D eigenvalue weighted by Gasteiger charge is -2.08. The second-order valence-corrected chi connectivity index (χ2v) is 4.72. The van der Waals surface area contributed by atoms with E-state index < -0.39 is 0 Å². The van der Waals surface area contributed by atoms with E-state index in [1.165, 1.54) is 0 Å². The predicted molar refractivity (Wildman–Crippen MR) is 71.6 cm³/mol. The minimum Gasteiger partial charge on any atom is -0.383 e. The highest BCUT2D eigenvalue weighted by molar-refractivity contribution is 5.71. The Hall–Kier alpha value is -2.28. The number of nitrogen functional groups attached to an aromatic ring is 1. The third-order valence-electron chi connectivity index (χ3n) is 2.71. The van der Waals surface area contributed by atoms with E-state index in [2.05, 4.69) is 24.9 Å². The molecule has 0 aliphatic heterocycles. The number of hydrogen-bond acceptors (Lipinski definition) is 3. The molecule has 92 valence electrons. The normalized spacial score (nSPS) is 10.6. The molecule has 2 rings (SSSR count). The van der Waals surface area contributed by atoms with Crippen molar-refractivity contribution < 1.29 is 0 Å². The Balaban J connectivity index is 2.39. The van der Waals surface area contributed by atoms with E-state index >= 15 is 0 Å². The second-order valence-electron chi connectivity index (χ2n) is 4.72. The summed E-state index contributed by atoms with van der Waals surface area (Å²) < 4.78 is 1.94. The Kier molecular flexibility index (Phi) is 3.33. The molecule has 1 aromatic carbocycles. The minimum absolute atomic E-state index is 0.514. The molecule has 0 bridgehead atoms. The number of nitriles is 1. The van der Waals surface area contributed by atoms with Gasteiger partial charge in [0.2, 0.25) is 0 Å². The summed E-state index contributed by atoms with van der Waals surface area (Å²) in [6.45, 7) is 5.11. The van der Waals surface area contributed by atoms with Crippen LogP contribution in [0.2, 0.25) is 0 Å². The molecule has 0 atom stereocenters.